The van der Waals surface area contributed by atoms with Gasteiger partial charge in [-0.3, -0.25) is 9.78 Å². The summed E-state index contributed by atoms with van der Waals surface area (Å²) in [5, 5.41) is 0. The van der Waals surface area contributed by atoms with Gasteiger partial charge >= 0.3 is 0 Å². The highest BCUT2D eigenvalue weighted by Crippen LogP contribution is 2.08. The first kappa shape index (κ1) is 15.2. The molecule has 0 bridgehead atoms. The van der Waals surface area contributed by atoms with E-state index in [9.17, 15) is 4.79 Å². The molecule has 0 spiro atoms. The lowest BCUT2D eigenvalue weighted by molar-refractivity contribution is -0.133. The van der Waals surface area contributed by atoms with Gasteiger partial charge in [0.2, 0.25) is 5.91 Å². The molecule has 0 aliphatic carbocycles. The summed E-state index contributed by atoms with van der Waals surface area (Å²) in [4.78, 5) is 18.2. The third kappa shape index (κ3) is 4.39. The summed E-state index contributed by atoms with van der Waals surface area (Å²) in [7, 11) is 0. The van der Waals surface area contributed by atoms with Gasteiger partial charge in [0.1, 0.15) is 0 Å². The maximum atomic E-state index is 12.5. The predicted molar refractivity (Wildman–Crippen MR) is 83.4 cm³/mol. The molecule has 0 aliphatic rings. The van der Waals surface area contributed by atoms with E-state index in [-0.39, 0.29) is 5.91 Å². The van der Waals surface area contributed by atoms with E-state index in [0.29, 0.717) is 19.5 Å². The predicted octanol–water partition coefficient (Wildman–Crippen LogP) is 2.00. The lowest BCUT2D eigenvalue weighted by Crippen LogP contribution is -2.44. The molecule has 0 radical (unpaired) electrons. The van der Waals surface area contributed by atoms with Crippen LogP contribution in [0.25, 0.3) is 0 Å². The van der Waals surface area contributed by atoms with Crippen molar-refractivity contribution in [2.45, 2.75) is 25.9 Å². The van der Waals surface area contributed by atoms with Crippen LogP contribution < -0.4 is 5.73 Å². The zero-order valence-electron chi connectivity index (χ0n) is 12.3. The van der Waals surface area contributed by atoms with Crippen molar-refractivity contribution in [3.63, 3.8) is 0 Å². The van der Waals surface area contributed by atoms with Gasteiger partial charge < -0.3 is 10.6 Å². The number of hydrogen-bond donors (Lipinski definition) is 1. The van der Waals surface area contributed by atoms with Crippen molar-refractivity contribution in [1.29, 1.82) is 0 Å². The average Bonchev–Trinajstić information content (AvgIpc) is 2.54. The standard InChI is InChI=1S/C17H21N3O/c1-2-20(13-15-8-10-19-11-9-15)17(21)16(18)12-14-6-4-3-5-7-14/h3-11,16H,2,12-13,18H2,1H3/t16-/m1/s1. The van der Waals surface area contributed by atoms with E-state index in [0.717, 1.165) is 11.1 Å². The number of carbonyl (C=O) groups excluding carboxylic acids is 1. The number of carbonyl (C=O) groups is 1. The van der Waals surface area contributed by atoms with Crippen LogP contribution in [0, 0.1) is 0 Å². The number of benzene rings is 1. The second kappa shape index (κ2) is 7.55. The number of aromatic nitrogens is 1. The molecule has 2 rings (SSSR count). The minimum Gasteiger partial charge on any atom is -0.337 e. The van der Waals surface area contributed by atoms with Crippen molar-refractivity contribution in [2.24, 2.45) is 5.73 Å². The molecule has 110 valence electrons. The lowest BCUT2D eigenvalue weighted by atomic mass is 10.1. The molecule has 21 heavy (non-hydrogen) atoms. The highest BCUT2D eigenvalue weighted by atomic mass is 16.2. The Kier molecular flexibility index (Phi) is 5.46. The van der Waals surface area contributed by atoms with E-state index in [1.807, 2.05) is 49.4 Å². The van der Waals surface area contributed by atoms with Crippen LogP contribution in [0.2, 0.25) is 0 Å². The maximum absolute atomic E-state index is 12.5. The molecule has 0 aliphatic heterocycles. The Balaban J connectivity index is 1.99. The molecule has 1 aromatic carbocycles. The van der Waals surface area contributed by atoms with E-state index in [1.165, 1.54) is 0 Å². The number of amides is 1. The Morgan fingerprint density at radius 1 is 1.14 bits per heavy atom. The lowest BCUT2D eigenvalue weighted by Gasteiger charge is -2.24. The zero-order valence-corrected chi connectivity index (χ0v) is 12.3. The largest absolute Gasteiger partial charge is 0.337 e. The molecule has 2 N–H and O–H groups in total. The molecular formula is C17H21N3O. The zero-order chi connectivity index (χ0) is 15.1. The van der Waals surface area contributed by atoms with E-state index in [4.69, 9.17) is 5.73 Å². The number of nitrogens with two attached hydrogens (primary N) is 1. The molecule has 0 fully saturated rings. The first-order chi connectivity index (χ1) is 10.2. The van der Waals surface area contributed by atoms with Gasteiger partial charge in [-0.1, -0.05) is 30.3 Å². The van der Waals surface area contributed by atoms with Crippen LogP contribution in [0.5, 0.6) is 0 Å². The number of rotatable bonds is 6. The minimum atomic E-state index is -0.505. The van der Waals surface area contributed by atoms with Crippen LogP contribution >= 0.6 is 0 Å². The van der Waals surface area contributed by atoms with Crippen LogP contribution in [0.3, 0.4) is 0 Å². The number of likely N-dealkylation sites (N-methyl/N-ethyl adjacent to an activating group) is 1. The van der Waals surface area contributed by atoms with Crippen LogP contribution in [0.4, 0.5) is 0 Å². The summed E-state index contributed by atoms with van der Waals surface area (Å²) >= 11 is 0. The molecule has 1 atom stereocenters. The molecule has 1 aromatic heterocycles. The van der Waals surface area contributed by atoms with Gasteiger partial charge in [-0.15, -0.1) is 0 Å². The highest BCUT2D eigenvalue weighted by molar-refractivity contribution is 5.82. The van der Waals surface area contributed by atoms with E-state index >= 15 is 0 Å². The minimum absolute atomic E-state index is 0.0156. The maximum Gasteiger partial charge on any atom is 0.240 e. The second-order valence-corrected chi connectivity index (χ2v) is 5.00. The van der Waals surface area contributed by atoms with Gasteiger partial charge in [0.15, 0.2) is 0 Å². The third-order valence-electron chi connectivity index (χ3n) is 3.43. The van der Waals surface area contributed by atoms with E-state index < -0.39 is 6.04 Å². The van der Waals surface area contributed by atoms with Gasteiger partial charge in [0, 0.05) is 25.5 Å². The molecule has 4 heteroatoms. The average molecular weight is 283 g/mol. The van der Waals surface area contributed by atoms with Crippen LogP contribution in [-0.2, 0) is 17.8 Å². The molecular weight excluding hydrogens is 262 g/mol. The van der Waals surface area contributed by atoms with Gasteiger partial charge in [-0.05, 0) is 36.6 Å². The molecule has 0 unspecified atom stereocenters. The van der Waals surface area contributed by atoms with Crippen molar-refractivity contribution >= 4 is 5.91 Å². The van der Waals surface area contributed by atoms with Gasteiger partial charge in [0.05, 0.1) is 6.04 Å². The number of nitrogens with zero attached hydrogens (tertiary/aromatic N) is 2. The fourth-order valence-electron chi connectivity index (χ4n) is 2.24. The Morgan fingerprint density at radius 2 is 1.81 bits per heavy atom. The Labute approximate surface area is 125 Å². The molecule has 1 heterocycles. The van der Waals surface area contributed by atoms with Gasteiger partial charge in [-0.25, -0.2) is 0 Å². The quantitative estimate of drug-likeness (QED) is 0.882. The summed E-state index contributed by atoms with van der Waals surface area (Å²) in [5.41, 5.74) is 8.22. The van der Waals surface area contributed by atoms with Crippen LogP contribution in [0.15, 0.2) is 54.9 Å². The third-order valence-corrected chi connectivity index (χ3v) is 3.43. The van der Waals surface area contributed by atoms with Crippen molar-refractivity contribution in [1.82, 2.24) is 9.88 Å². The number of hydrogen-bond acceptors (Lipinski definition) is 3. The summed E-state index contributed by atoms with van der Waals surface area (Å²) in [5.74, 6) is -0.0156. The SMILES string of the molecule is CCN(Cc1ccncc1)C(=O)[C@H](N)Cc1ccccc1. The van der Waals surface area contributed by atoms with E-state index in [1.54, 1.807) is 17.3 Å². The fraction of sp³-hybridized carbons (Fsp3) is 0.294. The fourth-order valence-corrected chi connectivity index (χ4v) is 2.24. The molecule has 1 amide bonds. The molecule has 0 saturated carbocycles. The normalized spacial score (nSPS) is 11.9. The van der Waals surface area contributed by atoms with Crippen molar-refractivity contribution in [2.75, 3.05) is 6.54 Å². The first-order valence-corrected chi connectivity index (χ1v) is 7.18. The summed E-state index contributed by atoms with van der Waals surface area (Å²) < 4.78 is 0. The van der Waals surface area contributed by atoms with Crippen LogP contribution in [-0.4, -0.2) is 28.4 Å². The van der Waals surface area contributed by atoms with Crippen molar-refractivity contribution < 1.29 is 4.79 Å². The smallest absolute Gasteiger partial charge is 0.240 e. The summed E-state index contributed by atoms with van der Waals surface area (Å²) in [6, 6.07) is 13.2. The number of pyridine rings is 1. The molecule has 2 aromatic rings. The Bertz CT molecular complexity index is 557. The van der Waals surface area contributed by atoms with Crippen molar-refractivity contribution in [3.05, 3.63) is 66.0 Å². The topological polar surface area (TPSA) is 59.2 Å². The Hall–Kier alpha value is -2.20. The monoisotopic (exact) mass is 283 g/mol. The second-order valence-electron chi connectivity index (χ2n) is 5.00. The highest BCUT2D eigenvalue weighted by Gasteiger charge is 2.20. The van der Waals surface area contributed by atoms with Gasteiger partial charge in [-0.2, -0.15) is 0 Å². The summed E-state index contributed by atoms with van der Waals surface area (Å²) in [6.07, 6.45) is 4.03. The Morgan fingerprint density at radius 3 is 2.43 bits per heavy atom. The first-order valence-electron chi connectivity index (χ1n) is 7.18. The van der Waals surface area contributed by atoms with E-state index in [2.05, 4.69) is 4.98 Å². The van der Waals surface area contributed by atoms with Crippen molar-refractivity contribution in [3.8, 4) is 0 Å². The van der Waals surface area contributed by atoms with Gasteiger partial charge in [0.25, 0.3) is 0 Å². The molecule has 0 saturated heterocycles. The van der Waals surface area contributed by atoms with Crippen LogP contribution in [0.1, 0.15) is 18.1 Å². The summed E-state index contributed by atoms with van der Waals surface area (Å²) in [6.45, 7) is 3.18. The molecule has 4 nitrogen and oxygen atoms in total.